The van der Waals surface area contributed by atoms with Crippen LogP contribution in [0, 0.1) is 16.7 Å². The highest BCUT2D eigenvalue weighted by Crippen LogP contribution is 2.20. The number of benzene rings is 2. The van der Waals surface area contributed by atoms with Crippen molar-refractivity contribution in [3.8, 4) is 0 Å². The van der Waals surface area contributed by atoms with Gasteiger partial charge in [0.25, 0.3) is 0 Å². The van der Waals surface area contributed by atoms with Crippen LogP contribution in [0.25, 0.3) is 11.0 Å². The fourth-order valence-electron chi connectivity index (χ4n) is 3.19. The predicted molar refractivity (Wildman–Crippen MR) is 112 cm³/mol. The number of nitrogens with one attached hydrogen (secondary N) is 2. The highest BCUT2D eigenvalue weighted by molar-refractivity contribution is 5.98. The van der Waals surface area contributed by atoms with Gasteiger partial charge >= 0.3 is 5.97 Å². The van der Waals surface area contributed by atoms with Crippen LogP contribution < -0.4 is 11.5 Å². The molecule has 0 saturated heterocycles. The zero-order valence-corrected chi connectivity index (χ0v) is 16.2. The van der Waals surface area contributed by atoms with Crippen LogP contribution in [0.1, 0.15) is 23.6 Å². The maximum absolute atomic E-state index is 12.6. The predicted octanol–water partition coefficient (Wildman–Crippen LogP) is 2.03. The van der Waals surface area contributed by atoms with Crippen LogP contribution in [0.2, 0.25) is 0 Å². The zero-order chi connectivity index (χ0) is 21.0. The molecule has 0 aliphatic heterocycles. The molecule has 8 nitrogen and oxygen atoms in total. The molecule has 6 N–H and O–H groups in total. The minimum absolute atomic E-state index is 0.00431. The molecular formula is C21H24N6O2. The summed E-state index contributed by atoms with van der Waals surface area (Å²) in [6.45, 7) is 2.46. The van der Waals surface area contributed by atoms with E-state index in [-0.39, 0.29) is 17.6 Å². The van der Waals surface area contributed by atoms with Crippen molar-refractivity contribution in [3.63, 3.8) is 0 Å². The van der Waals surface area contributed by atoms with Gasteiger partial charge < -0.3 is 20.8 Å². The lowest BCUT2D eigenvalue weighted by molar-refractivity contribution is -0.148. The van der Waals surface area contributed by atoms with Gasteiger partial charge in [-0.05, 0) is 37.1 Å². The monoisotopic (exact) mass is 392 g/mol. The van der Waals surface area contributed by atoms with E-state index in [1.165, 1.54) is 0 Å². The van der Waals surface area contributed by atoms with Gasteiger partial charge in [0, 0.05) is 17.7 Å². The van der Waals surface area contributed by atoms with E-state index in [0.29, 0.717) is 30.7 Å². The van der Waals surface area contributed by atoms with Crippen molar-refractivity contribution in [1.29, 1.82) is 10.8 Å². The SMILES string of the molecule is CCOC(=O)C(Cc1ccc(C(=N)N)cc1)Cn1cnc2ccc(C(=N)N)cc21. The number of nitrogens with zero attached hydrogens (tertiary/aromatic N) is 2. The van der Waals surface area contributed by atoms with Gasteiger partial charge in [0.1, 0.15) is 11.7 Å². The number of nitrogen functional groups attached to an aromatic ring is 2. The van der Waals surface area contributed by atoms with E-state index < -0.39 is 5.92 Å². The Morgan fingerprint density at radius 1 is 1.10 bits per heavy atom. The Balaban J connectivity index is 1.88. The molecule has 8 heteroatoms. The molecular weight excluding hydrogens is 368 g/mol. The molecule has 0 spiro atoms. The van der Waals surface area contributed by atoms with E-state index in [1.807, 2.05) is 22.8 Å². The van der Waals surface area contributed by atoms with Gasteiger partial charge in [0.05, 0.1) is 29.9 Å². The third-order valence-electron chi connectivity index (χ3n) is 4.72. The molecule has 0 aliphatic carbocycles. The number of fused-ring (bicyclic) bond motifs is 1. The minimum atomic E-state index is -0.420. The molecule has 0 bridgehead atoms. The van der Waals surface area contributed by atoms with E-state index in [2.05, 4.69) is 4.98 Å². The first kappa shape index (κ1) is 20.1. The fraction of sp³-hybridized carbons (Fsp3) is 0.238. The molecule has 1 unspecified atom stereocenters. The van der Waals surface area contributed by atoms with E-state index >= 15 is 0 Å². The van der Waals surface area contributed by atoms with Crippen LogP contribution in [-0.2, 0) is 22.5 Å². The zero-order valence-electron chi connectivity index (χ0n) is 16.2. The number of hydrogen-bond donors (Lipinski definition) is 4. The summed E-state index contributed by atoms with van der Waals surface area (Å²) in [5, 5.41) is 15.1. The minimum Gasteiger partial charge on any atom is -0.466 e. The maximum atomic E-state index is 12.6. The number of nitrogens with two attached hydrogens (primary N) is 2. The number of esters is 1. The van der Waals surface area contributed by atoms with E-state index in [1.54, 1.807) is 37.5 Å². The molecule has 29 heavy (non-hydrogen) atoms. The number of imidazole rings is 1. The van der Waals surface area contributed by atoms with Crippen LogP contribution >= 0.6 is 0 Å². The number of carbonyl (C=O) groups is 1. The summed E-state index contributed by atoms with van der Waals surface area (Å²) in [6, 6.07) is 12.6. The van der Waals surface area contributed by atoms with Crippen LogP contribution in [0.5, 0.6) is 0 Å². The Bertz CT molecular complexity index is 1050. The lowest BCUT2D eigenvalue weighted by atomic mass is 9.98. The van der Waals surface area contributed by atoms with Crippen LogP contribution in [0.15, 0.2) is 48.8 Å². The van der Waals surface area contributed by atoms with Crippen molar-refractivity contribution < 1.29 is 9.53 Å². The molecule has 0 aliphatic rings. The standard InChI is InChI=1S/C21H24N6O2/c1-2-29-21(28)16(9-13-3-5-14(6-4-13)19(22)23)11-27-12-26-17-8-7-15(20(24)25)10-18(17)27/h3-8,10,12,16H,2,9,11H2,1H3,(H3,22,23)(H3,24,25). The topological polar surface area (TPSA) is 144 Å². The second-order valence-electron chi connectivity index (χ2n) is 6.78. The molecule has 0 fully saturated rings. The van der Waals surface area contributed by atoms with Crippen LogP contribution in [0.3, 0.4) is 0 Å². The first-order chi connectivity index (χ1) is 13.9. The van der Waals surface area contributed by atoms with Crippen molar-refractivity contribution in [1.82, 2.24) is 9.55 Å². The molecule has 3 aromatic rings. The van der Waals surface area contributed by atoms with Crippen molar-refractivity contribution in [2.24, 2.45) is 17.4 Å². The second-order valence-corrected chi connectivity index (χ2v) is 6.78. The van der Waals surface area contributed by atoms with Gasteiger partial charge in [-0.25, -0.2) is 4.98 Å². The van der Waals surface area contributed by atoms with Gasteiger partial charge in [0.15, 0.2) is 0 Å². The van der Waals surface area contributed by atoms with E-state index in [4.69, 9.17) is 27.0 Å². The average molecular weight is 392 g/mol. The summed E-state index contributed by atoms with van der Waals surface area (Å²) in [5.41, 5.74) is 14.9. The maximum Gasteiger partial charge on any atom is 0.311 e. The Morgan fingerprint density at radius 2 is 1.76 bits per heavy atom. The molecule has 2 aromatic carbocycles. The lowest BCUT2D eigenvalue weighted by Crippen LogP contribution is -2.25. The highest BCUT2D eigenvalue weighted by atomic mass is 16.5. The quantitative estimate of drug-likeness (QED) is 0.263. The summed E-state index contributed by atoms with van der Waals surface area (Å²) in [6.07, 6.45) is 2.16. The first-order valence-electron chi connectivity index (χ1n) is 9.28. The van der Waals surface area contributed by atoms with E-state index in [0.717, 1.165) is 16.6 Å². The summed E-state index contributed by atoms with van der Waals surface area (Å²) < 4.78 is 7.16. The van der Waals surface area contributed by atoms with Crippen molar-refractivity contribution in [2.75, 3.05) is 6.61 Å². The van der Waals surface area contributed by atoms with Crippen LogP contribution in [-0.4, -0.2) is 33.8 Å². The van der Waals surface area contributed by atoms with Crippen LogP contribution in [0.4, 0.5) is 0 Å². The normalized spacial score (nSPS) is 11.9. The fourth-order valence-corrected chi connectivity index (χ4v) is 3.19. The van der Waals surface area contributed by atoms with Gasteiger partial charge in [-0.15, -0.1) is 0 Å². The molecule has 1 heterocycles. The van der Waals surface area contributed by atoms with E-state index in [9.17, 15) is 4.79 Å². The van der Waals surface area contributed by atoms with Gasteiger partial charge in [-0.3, -0.25) is 15.6 Å². The Kier molecular flexibility index (Phi) is 5.92. The van der Waals surface area contributed by atoms with Gasteiger partial charge in [-0.1, -0.05) is 24.3 Å². The molecule has 0 amide bonds. The third-order valence-corrected chi connectivity index (χ3v) is 4.72. The summed E-state index contributed by atoms with van der Waals surface area (Å²) in [4.78, 5) is 17.0. The highest BCUT2D eigenvalue weighted by Gasteiger charge is 2.22. The molecule has 0 saturated carbocycles. The smallest absolute Gasteiger partial charge is 0.311 e. The Morgan fingerprint density at radius 3 is 2.38 bits per heavy atom. The third kappa shape index (κ3) is 4.60. The number of amidine groups is 2. The lowest BCUT2D eigenvalue weighted by Gasteiger charge is -2.17. The molecule has 3 rings (SSSR count). The number of ether oxygens (including phenoxy) is 1. The average Bonchev–Trinajstić information content (AvgIpc) is 3.10. The number of aromatic nitrogens is 2. The number of carbonyl (C=O) groups excluding carboxylic acids is 1. The molecule has 1 atom stereocenters. The summed E-state index contributed by atoms with van der Waals surface area (Å²) in [7, 11) is 0. The van der Waals surface area contributed by atoms with Crippen molar-refractivity contribution in [2.45, 2.75) is 19.9 Å². The second kappa shape index (κ2) is 8.55. The Labute approximate surface area is 168 Å². The molecule has 1 aromatic heterocycles. The van der Waals surface area contributed by atoms with Gasteiger partial charge in [0.2, 0.25) is 0 Å². The largest absolute Gasteiger partial charge is 0.466 e. The molecule has 150 valence electrons. The summed E-state index contributed by atoms with van der Waals surface area (Å²) in [5.74, 6) is -0.721. The first-order valence-corrected chi connectivity index (χ1v) is 9.28. The van der Waals surface area contributed by atoms with Crippen molar-refractivity contribution >= 4 is 28.7 Å². The Hall–Kier alpha value is -3.68. The van der Waals surface area contributed by atoms with Crippen molar-refractivity contribution in [3.05, 3.63) is 65.5 Å². The number of rotatable bonds is 8. The molecule has 0 radical (unpaired) electrons. The number of hydrogen-bond acceptors (Lipinski definition) is 5. The summed E-state index contributed by atoms with van der Waals surface area (Å²) >= 11 is 0. The van der Waals surface area contributed by atoms with Gasteiger partial charge in [-0.2, -0.15) is 0 Å².